The van der Waals surface area contributed by atoms with Gasteiger partial charge < -0.3 is 10.6 Å². The lowest BCUT2D eigenvalue weighted by Crippen LogP contribution is -2.47. The normalized spacial score (nSPS) is 24.7. The number of amides is 2. The van der Waals surface area contributed by atoms with Gasteiger partial charge in [-0.1, -0.05) is 30.2 Å². The number of likely N-dealkylation sites (tertiary alicyclic amines) is 1. The van der Waals surface area contributed by atoms with E-state index in [0.717, 1.165) is 34.7 Å². The van der Waals surface area contributed by atoms with Crippen molar-refractivity contribution in [2.24, 2.45) is 11.7 Å². The summed E-state index contributed by atoms with van der Waals surface area (Å²) >= 11 is 7.59. The minimum absolute atomic E-state index is 0.0919. The van der Waals surface area contributed by atoms with Gasteiger partial charge in [0.1, 0.15) is 11.7 Å². The van der Waals surface area contributed by atoms with E-state index in [1.807, 2.05) is 25.1 Å². The Kier molecular flexibility index (Phi) is 4.49. The molecule has 136 valence electrons. The molecule has 1 aromatic carbocycles. The highest BCUT2D eigenvalue weighted by atomic mass is 35.5. The lowest BCUT2D eigenvalue weighted by atomic mass is 10.0. The number of rotatable bonds is 3. The number of hydrogen-bond donors (Lipinski definition) is 1. The molecule has 0 spiro atoms. The van der Waals surface area contributed by atoms with E-state index < -0.39 is 11.9 Å². The van der Waals surface area contributed by atoms with Gasteiger partial charge in [0.25, 0.3) is 5.91 Å². The van der Waals surface area contributed by atoms with Crippen molar-refractivity contribution in [3.8, 4) is 10.4 Å². The second kappa shape index (κ2) is 6.67. The van der Waals surface area contributed by atoms with Crippen molar-refractivity contribution < 1.29 is 9.59 Å². The molecule has 1 aliphatic heterocycles. The molecule has 0 radical (unpaired) electrons. The minimum Gasteiger partial charge on any atom is -0.368 e. The summed E-state index contributed by atoms with van der Waals surface area (Å²) in [6.45, 7) is 1.88. The predicted molar refractivity (Wildman–Crippen MR) is 102 cm³/mol. The lowest BCUT2D eigenvalue weighted by molar-refractivity contribution is -0.122. The smallest absolute Gasteiger partial charge is 0.274 e. The Morgan fingerprint density at radius 2 is 2.15 bits per heavy atom. The van der Waals surface area contributed by atoms with Gasteiger partial charge in [0, 0.05) is 11.1 Å². The second-order valence-corrected chi connectivity index (χ2v) is 8.69. The monoisotopic (exact) mass is 389 g/mol. The third-order valence-electron chi connectivity index (χ3n) is 5.42. The first-order valence-electron chi connectivity index (χ1n) is 8.81. The van der Waals surface area contributed by atoms with Crippen molar-refractivity contribution in [1.29, 1.82) is 0 Å². The van der Waals surface area contributed by atoms with E-state index in [1.165, 1.54) is 11.3 Å². The van der Waals surface area contributed by atoms with Crippen LogP contribution in [0.3, 0.4) is 0 Å². The number of nitrogens with two attached hydrogens (primary N) is 1. The predicted octanol–water partition coefficient (Wildman–Crippen LogP) is 3.64. The molecular weight excluding hydrogens is 370 g/mol. The van der Waals surface area contributed by atoms with Crippen LogP contribution in [0, 0.1) is 12.8 Å². The molecule has 0 unspecified atom stereocenters. The molecule has 2 aromatic rings. The van der Waals surface area contributed by atoms with Gasteiger partial charge in [-0.05, 0) is 49.8 Å². The fourth-order valence-corrected chi connectivity index (χ4v) is 5.45. The molecule has 1 saturated carbocycles. The fourth-order valence-electron chi connectivity index (χ4n) is 4.35. The summed E-state index contributed by atoms with van der Waals surface area (Å²) in [7, 11) is 0. The number of halogens is 1. The van der Waals surface area contributed by atoms with Crippen LogP contribution in [0.4, 0.5) is 0 Å². The van der Waals surface area contributed by atoms with E-state index in [1.54, 1.807) is 11.0 Å². The Morgan fingerprint density at radius 3 is 2.88 bits per heavy atom. The van der Waals surface area contributed by atoms with Gasteiger partial charge in [0.05, 0.1) is 9.88 Å². The van der Waals surface area contributed by atoms with E-state index in [2.05, 4.69) is 4.98 Å². The van der Waals surface area contributed by atoms with Crippen LogP contribution in [0.15, 0.2) is 24.3 Å². The Hall–Kier alpha value is -1.92. The van der Waals surface area contributed by atoms with Crippen LogP contribution in [0.1, 0.15) is 41.2 Å². The zero-order valence-corrected chi connectivity index (χ0v) is 16.0. The molecule has 2 heterocycles. The molecule has 1 aliphatic carbocycles. The Bertz CT molecular complexity index is 881. The molecule has 0 bridgehead atoms. The van der Waals surface area contributed by atoms with Gasteiger partial charge in [-0.15, -0.1) is 11.3 Å². The molecule has 7 heteroatoms. The molecule has 2 amide bonds. The highest BCUT2D eigenvalue weighted by molar-refractivity contribution is 7.15. The first-order chi connectivity index (χ1) is 12.5. The van der Waals surface area contributed by atoms with Crippen LogP contribution in [-0.2, 0) is 4.79 Å². The largest absolute Gasteiger partial charge is 0.368 e. The third-order valence-corrected chi connectivity index (χ3v) is 6.68. The fraction of sp³-hybridized carbons (Fsp3) is 0.421. The maximum absolute atomic E-state index is 13.4. The molecule has 2 fully saturated rings. The molecule has 3 atom stereocenters. The Labute approximate surface area is 161 Å². The van der Waals surface area contributed by atoms with Crippen LogP contribution in [0.5, 0.6) is 0 Å². The van der Waals surface area contributed by atoms with Gasteiger partial charge in [0.15, 0.2) is 0 Å². The molecule has 2 N–H and O–H groups in total. The summed E-state index contributed by atoms with van der Waals surface area (Å²) in [5, 5.41) is 1.42. The average Bonchev–Trinajstić information content (AvgIpc) is 3.27. The van der Waals surface area contributed by atoms with E-state index in [0.29, 0.717) is 23.1 Å². The SMILES string of the molecule is Cc1nc(C(=O)N2[C@H](C(N)=O)C[C@@H]3CCC[C@@H]32)c(-c2cccc(Cl)c2)s1. The van der Waals surface area contributed by atoms with Crippen molar-refractivity contribution in [2.75, 3.05) is 0 Å². The summed E-state index contributed by atoms with van der Waals surface area (Å²) in [5.41, 5.74) is 6.88. The molecular formula is C19H20ClN3O2S. The third kappa shape index (κ3) is 2.91. The van der Waals surface area contributed by atoms with E-state index in [9.17, 15) is 9.59 Å². The summed E-state index contributed by atoms with van der Waals surface area (Å²) in [4.78, 5) is 32.4. The molecule has 1 aromatic heterocycles. The number of carbonyl (C=O) groups is 2. The topological polar surface area (TPSA) is 76.3 Å². The number of primary amides is 1. The van der Waals surface area contributed by atoms with E-state index in [4.69, 9.17) is 17.3 Å². The van der Waals surface area contributed by atoms with Gasteiger partial charge in [-0.25, -0.2) is 4.98 Å². The summed E-state index contributed by atoms with van der Waals surface area (Å²) < 4.78 is 0. The first-order valence-corrected chi connectivity index (χ1v) is 10.0. The Balaban J connectivity index is 1.75. The van der Waals surface area contributed by atoms with Gasteiger partial charge in [-0.2, -0.15) is 0 Å². The van der Waals surface area contributed by atoms with Crippen LogP contribution >= 0.6 is 22.9 Å². The molecule has 1 saturated heterocycles. The number of nitrogens with zero attached hydrogens (tertiary/aromatic N) is 2. The standard InChI is InChI=1S/C19H20ClN3O2S/c1-10-22-16(17(26-10)12-5-2-6-13(20)8-12)19(25)23-14-7-3-4-11(14)9-15(23)18(21)24/h2,5-6,8,11,14-15H,3-4,7,9H2,1H3,(H2,21,24)/t11-,14-,15-/m0/s1. The number of aromatic nitrogens is 1. The average molecular weight is 390 g/mol. The molecule has 2 aliphatic rings. The number of hydrogen-bond acceptors (Lipinski definition) is 4. The van der Waals surface area contributed by atoms with Crippen molar-refractivity contribution >= 4 is 34.8 Å². The van der Waals surface area contributed by atoms with Crippen LogP contribution in [-0.4, -0.2) is 33.8 Å². The first kappa shape index (κ1) is 17.5. The second-order valence-electron chi connectivity index (χ2n) is 7.05. The van der Waals surface area contributed by atoms with Crippen LogP contribution in [0.2, 0.25) is 5.02 Å². The van der Waals surface area contributed by atoms with Crippen LogP contribution < -0.4 is 5.73 Å². The molecule has 5 nitrogen and oxygen atoms in total. The lowest BCUT2D eigenvalue weighted by Gasteiger charge is -2.27. The zero-order valence-electron chi connectivity index (χ0n) is 14.4. The van der Waals surface area contributed by atoms with E-state index >= 15 is 0 Å². The van der Waals surface area contributed by atoms with Gasteiger partial charge in [0.2, 0.25) is 5.91 Å². The molecule has 4 rings (SSSR count). The summed E-state index contributed by atoms with van der Waals surface area (Å²) in [6.07, 6.45) is 3.73. The maximum Gasteiger partial charge on any atom is 0.274 e. The number of aryl methyl sites for hydroxylation is 1. The van der Waals surface area contributed by atoms with Crippen molar-refractivity contribution in [2.45, 2.75) is 44.7 Å². The highest BCUT2D eigenvalue weighted by Gasteiger charge is 2.48. The highest BCUT2D eigenvalue weighted by Crippen LogP contribution is 2.43. The summed E-state index contributed by atoms with van der Waals surface area (Å²) in [5.74, 6) is -0.252. The number of thiazole rings is 1. The summed E-state index contributed by atoms with van der Waals surface area (Å²) in [6, 6.07) is 6.97. The van der Waals surface area contributed by atoms with Crippen molar-refractivity contribution in [3.05, 3.63) is 40.0 Å². The maximum atomic E-state index is 13.4. The number of benzene rings is 1. The van der Waals surface area contributed by atoms with Gasteiger partial charge >= 0.3 is 0 Å². The minimum atomic E-state index is -0.535. The number of carbonyl (C=O) groups excluding carboxylic acids is 2. The Morgan fingerprint density at radius 1 is 1.35 bits per heavy atom. The zero-order chi connectivity index (χ0) is 18.4. The van der Waals surface area contributed by atoms with Gasteiger partial charge in [-0.3, -0.25) is 9.59 Å². The van der Waals surface area contributed by atoms with Crippen molar-refractivity contribution in [1.82, 2.24) is 9.88 Å². The van der Waals surface area contributed by atoms with Crippen LogP contribution in [0.25, 0.3) is 10.4 Å². The van der Waals surface area contributed by atoms with E-state index in [-0.39, 0.29) is 11.9 Å². The number of fused-ring (bicyclic) bond motifs is 1. The van der Waals surface area contributed by atoms with Crippen molar-refractivity contribution in [3.63, 3.8) is 0 Å². The quantitative estimate of drug-likeness (QED) is 0.870. The molecule has 26 heavy (non-hydrogen) atoms.